The van der Waals surface area contributed by atoms with Gasteiger partial charge in [0.05, 0.1) is 4.90 Å². The number of rotatable bonds is 6. The van der Waals surface area contributed by atoms with Crippen LogP contribution in [0.1, 0.15) is 28.8 Å². The summed E-state index contributed by atoms with van der Waals surface area (Å²) in [5.74, 6) is -0.305. The van der Waals surface area contributed by atoms with Gasteiger partial charge in [-0.2, -0.15) is 4.31 Å². The van der Waals surface area contributed by atoms with E-state index in [-0.39, 0.29) is 35.5 Å². The van der Waals surface area contributed by atoms with Crippen LogP contribution in [0.15, 0.2) is 23.1 Å². The molecule has 0 saturated heterocycles. The molecule has 1 aliphatic carbocycles. The van der Waals surface area contributed by atoms with Gasteiger partial charge in [-0.25, -0.2) is 8.42 Å². The largest absolute Gasteiger partial charge is 0.366 e. The molecule has 1 aromatic rings. The van der Waals surface area contributed by atoms with Gasteiger partial charge in [0, 0.05) is 25.2 Å². The van der Waals surface area contributed by atoms with E-state index in [1.165, 1.54) is 23.5 Å². The van der Waals surface area contributed by atoms with Crippen molar-refractivity contribution in [1.29, 1.82) is 0 Å². The van der Waals surface area contributed by atoms with Crippen molar-refractivity contribution in [3.05, 3.63) is 29.3 Å². The molecule has 1 aromatic carbocycles. The summed E-state index contributed by atoms with van der Waals surface area (Å²) in [4.78, 5) is 11.4. The molecule has 1 aliphatic rings. The van der Waals surface area contributed by atoms with Crippen molar-refractivity contribution in [2.75, 3.05) is 13.6 Å². The Hall–Kier alpha value is -1.15. The number of sulfonamides is 1. The number of nitrogens with zero attached hydrogens (tertiary/aromatic N) is 1. The zero-order valence-electron chi connectivity index (χ0n) is 12.7. The molecule has 0 aromatic heterocycles. The number of hydrogen-bond acceptors (Lipinski definition) is 4. The molecule has 0 aliphatic heterocycles. The van der Waals surface area contributed by atoms with E-state index in [0.717, 1.165) is 12.8 Å². The van der Waals surface area contributed by atoms with E-state index in [4.69, 9.17) is 11.5 Å². The second-order valence-corrected chi connectivity index (χ2v) is 7.50. The van der Waals surface area contributed by atoms with Crippen LogP contribution in [-0.2, 0) is 10.0 Å². The Balaban J connectivity index is 0.00000242. The third-order valence-electron chi connectivity index (χ3n) is 4.03. The van der Waals surface area contributed by atoms with Gasteiger partial charge >= 0.3 is 0 Å². The van der Waals surface area contributed by atoms with Crippen molar-refractivity contribution >= 4 is 28.3 Å². The molecular weight excluding hydrogens is 326 g/mol. The summed E-state index contributed by atoms with van der Waals surface area (Å²) >= 11 is 0. The molecule has 0 bridgehead atoms. The molecule has 22 heavy (non-hydrogen) atoms. The molecule has 1 fully saturated rings. The molecule has 4 N–H and O–H groups in total. The lowest BCUT2D eigenvalue weighted by atomic mass is 10.1. The molecule has 2 rings (SSSR count). The minimum Gasteiger partial charge on any atom is -0.366 e. The van der Waals surface area contributed by atoms with Gasteiger partial charge in [-0.1, -0.05) is 6.07 Å². The number of aryl methyl sites for hydroxylation is 1. The first-order valence-electron chi connectivity index (χ1n) is 6.87. The first kappa shape index (κ1) is 18.9. The maximum absolute atomic E-state index is 12.7. The summed E-state index contributed by atoms with van der Waals surface area (Å²) in [6.07, 6.45) is 2.00. The van der Waals surface area contributed by atoms with Gasteiger partial charge in [0.2, 0.25) is 15.9 Å². The van der Waals surface area contributed by atoms with E-state index in [0.29, 0.717) is 11.5 Å². The average molecular weight is 348 g/mol. The highest BCUT2D eigenvalue weighted by Gasteiger charge is 2.38. The zero-order valence-corrected chi connectivity index (χ0v) is 14.3. The predicted molar refractivity (Wildman–Crippen MR) is 87.5 cm³/mol. The van der Waals surface area contributed by atoms with E-state index in [1.807, 2.05) is 0 Å². The van der Waals surface area contributed by atoms with Crippen molar-refractivity contribution in [3.63, 3.8) is 0 Å². The van der Waals surface area contributed by atoms with E-state index in [9.17, 15) is 13.2 Å². The number of carbonyl (C=O) groups excluding carboxylic acids is 1. The van der Waals surface area contributed by atoms with Crippen LogP contribution in [-0.4, -0.2) is 38.3 Å². The van der Waals surface area contributed by atoms with Crippen LogP contribution in [0.5, 0.6) is 0 Å². The molecule has 8 heteroatoms. The summed E-state index contributed by atoms with van der Waals surface area (Å²) in [6.45, 7) is 2.00. The van der Waals surface area contributed by atoms with Crippen molar-refractivity contribution in [3.8, 4) is 0 Å². The number of likely N-dealkylation sites (N-methyl/N-ethyl adjacent to an activating group) is 1. The van der Waals surface area contributed by atoms with Crippen LogP contribution >= 0.6 is 12.4 Å². The number of benzene rings is 1. The fraction of sp³-hybridized carbons (Fsp3) is 0.500. The summed E-state index contributed by atoms with van der Waals surface area (Å²) in [5, 5.41) is 0. The molecule has 0 spiro atoms. The van der Waals surface area contributed by atoms with Gasteiger partial charge in [-0.15, -0.1) is 12.4 Å². The highest BCUT2D eigenvalue weighted by molar-refractivity contribution is 7.89. The smallest absolute Gasteiger partial charge is 0.249 e. The van der Waals surface area contributed by atoms with Crippen LogP contribution in [0.25, 0.3) is 0 Å². The first-order chi connectivity index (χ1) is 9.78. The SMILES string of the molecule is Cc1ccc(S(=O)(=O)N(C)C(CN)C2CC2)cc1C(N)=O.Cl. The van der Waals surface area contributed by atoms with Gasteiger partial charge in [0.25, 0.3) is 0 Å². The van der Waals surface area contributed by atoms with Crippen LogP contribution in [0.4, 0.5) is 0 Å². The molecule has 1 amide bonds. The zero-order chi connectivity index (χ0) is 15.8. The molecule has 1 unspecified atom stereocenters. The van der Waals surface area contributed by atoms with E-state index >= 15 is 0 Å². The Bertz CT molecular complexity index is 659. The van der Waals surface area contributed by atoms with Gasteiger partial charge in [0.15, 0.2) is 0 Å². The van der Waals surface area contributed by atoms with E-state index < -0.39 is 15.9 Å². The maximum atomic E-state index is 12.7. The Kier molecular flexibility index (Phi) is 5.97. The first-order valence-corrected chi connectivity index (χ1v) is 8.31. The number of halogens is 1. The predicted octanol–water partition coefficient (Wildman–Crippen LogP) is 0.874. The van der Waals surface area contributed by atoms with Crippen molar-refractivity contribution in [2.45, 2.75) is 30.7 Å². The molecule has 6 nitrogen and oxygen atoms in total. The fourth-order valence-electron chi connectivity index (χ4n) is 2.49. The molecule has 1 saturated carbocycles. The fourth-order valence-corrected chi connectivity index (χ4v) is 3.94. The number of amides is 1. The minimum absolute atomic E-state index is 0. The Morgan fingerprint density at radius 3 is 2.45 bits per heavy atom. The Morgan fingerprint density at radius 2 is 2.00 bits per heavy atom. The second kappa shape index (κ2) is 6.95. The maximum Gasteiger partial charge on any atom is 0.249 e. The van der Waals surface area contributed by atoms with Crippen molar-refractivity contribution < 1.29 is 13.2 Å². The molecule has 0 heterocycles. The average Bonchev–Trinajstić information content (AvgIpc) is 3.24. The molecule has 0 radical (unpaired) electrons. The number of primary amides is 1. The van der Waals surface area contributed by atoms with Crippen LogP contribution in [0.2, 0.25) is 0 Å². The highest BCUT2D eigenvalue weighted by atomic mass is 35.5. The summed E-state index contributed by atoms with van der Waals surface area (Å²) in [7, 11) is -2.15. The Morgan fingerprint density at radius 1 is 1.41 bits per heavy atom. The van der Waals surface area contributed by atoms with Crippen LogP contribution in [0.3, 0.4) is 0 Å². The lowest BCUT2D eigenvalue weighted by Crippen LogP contribution is -2.43. The summed E-state index contributed by atoms with van der Waals surface area (Å²) < 4.78 is 26.7. The highest BCUT2D eigenvalue weighted by Crippen LogP contribution is 2.36. The van der Waals surface area contributed by atoms with Crippen LogP contribution in [0, 0.1) is 12.8 Å². The van der Waals surface area contributed by atoms with Gasteiger partial charge in [0.1, 0.15) is 0 Å². The van der Waals surface area contributed by atoms with E-state index in [1.54, 1.807) is 13.0 Å². The van der Waals surface area contributed by atoms with Crippen molar-refractivity contribution in [1.82, 2.24) is 4.31 Å². The normalized spacial score (nSPS) is 16.2. The lowest BCUT2D eigenvalue weighted by molar-refractivity contribution is 0.0999. The topological polar surface area (TPSA) is 106 Å². The van der Waals surface area contributed by atoms with Crippen LogP contribution < -0.4 is 11.5 Å². The minimum atomic E-state index is -3.68. The third kappa shape index (κ3) is 3.60. The number of carbonyl (C=O) groups is 1. The second-order valence-electron chi connectivity index (χ2n) is 5.50. The van der Waals surface area contributed by atoms with E-state index in [2.05, 4.69) is 0 Å². The summed E-state index contributed by atoms with van der Waals surface area (Å²) in [6, 6.07) is 4.22. The number of nitrogens with two attached hydrogens (primary N) is 2. The standard InChI is InChI=1S/C14H21N3O3S.ClH/c1-9-3-6-11(7-12(9)14(16)18)21(19,20)17(2)13(8-15)10-4-5-10;/h3,6-7,10,13H,4-5,8,15H2,1-2H3,(H2,16,18);1H. The third-order valence-corrected chi connectivity index (χ3v) is 5.90. The lowest BCUT2D eigenvalue weighted by Gasteiger charge is -2.26. The molecule has 1 atom stereocenters. The quantitative estimate of drug-likeness (QED) is 0.796. The van der Waals surface area contributed by atoms with Gasteiger partial charge in [-0.3, -0.25) is 4.79 Å². The summed E-state index contributed by atoms with van der Waals surface area (Å²) in [5.41, 5.74) is 11.9. The Labute approximate surface area is 137 Å². The van der Waals surface area contributed by atoms with Crippen molar-refractivity contribution in [2.24, 2.45) is 17.4 Å². The molecular formula is C14H22ClN3O3S. The molecule has 124 valence electrons. The van der Waals surface area contributed by atoms with Gasteiger partial charge < -0.3 is 11.5 Å². The number of hydrogen-bond donors (Lipinski definition) is 2. The van der Waals surface area contributed by atoms with Gasteiger partial charge in [-0.05, 0) is 43.4 Å². The monoisotopic (exact) mass is 347 g/mol.